The summed E-state index contributed by atoms with van der Waals surface area (Å²) in [6.45, 7) is 4.29. The molecule has 16 heavy (non-hydrogen) atoms. The normalized spacial score (nSPS) is 12.6. The molecule has 0 aliphatic rings. The highest BCUT2D eigenvalue weighted by atomic mass is 32.1. The molecule has 5 heteroatoms. The maximum absolute atomic E-state index is 5.63. The van der Waals surface area contributed by atoms with Gasteiger partial charge in [0.2, 0.25) is 0 Å². The van der Waals surface area contributed by atoms with Gasteiger partial charge in [-0.3, -0.25) is 0 Å². The molecule has 0 spiro atoms. The number of nitrogens with one attached hydrogen (secondary N) is 1. The number of anilines is 2. The number of thiazole rings is 1. The molecule has 1 unspecified atom stereocenters. The van der Waals surface area contributed by atoms with Gasteiger partial charge in [-0.2, -0.15) is 0 Å². The molecule has 0 aliphatic carbocycles. The van der Waals surface area contributed by atoms with Crippen molar-refractivity contribution in [2.75, 3.05) is 11.1 Å². The molecular weight excluding hydrogens is 238 g/mol. The Balaban J connectivity index is 1.91. The Morgan fingerprint density at radius 1 is 1.44 bits per heavy atom. The predicted molar refractivity (Wildman–Crippen MR) is 72.4 cm³/mol. The summed E-state index contributed by atoms with van der Waals surface area (Å²) in [5, 5.41) is 5.01. The molecule has 0 amide bonds. The Kier molecular flexibility index (Phi) is 3.46. The molecule has 0 aromatic carbocycles. The highest BCUT2D eigenvalue weighted by molar-refractivity contribution is 7.19. The van der Waals surface area contributed by atoms with Crippen LogP contribution in [0.15, 0.2) is 18.3 Å². The second kappa shape index (κ2) is 4.84. The van der Waals surface area contributed by atoms with Crippen LogP contribution >= 0.6 is 22.7 Å². The molecule has 0 aliphatic heterocycles. The van der Waals surface area contributed by atoms with Crippen LogP contribution in [0.5, 0.6) is 0 Å². The van der Waals surface area contributed by atoms with Gasteiger partial charge in [0.15, 0.2) is 5.13 Å². The molecule has 0 saturated heterocycles. The predicted octanol–water partition coefficient (Wildman–Crippen LogP) is 3.14. The van der Waals surface area contributed by atoms with Crippen molar-refractivity contribution in [3.8, 4) is 0 Å². The van der Waals surface area contributed by atoms with E-state index in [0.717, 1.165) is 16.6 Å². The molecule has 86 valence electrons. The van der Waals surface area contributed by atoms with Crippen molar-refractivity contribution in [2.24, 2.45) is 0 Å². The summed E-state index contributed by atoms with van der Waals surface area (Å²) in [4.78, 5) is 6.95. The maximum Gasteiger partial charge on any atom is 0.184 e. The Bertz CT molecular complexity index is 419. The summed E-state index contributed by atoms with van der Waals surface area (Å²) < 4.78 is 0. The maximum atomic E-state index is 5.63. The van der Waals surface area contributed by atoms with Crippen LogP contribution in [0.2, 0.25) is 0 Å². The quantitative estimate of drug-likeness (QED) is 0.880. The van der Waals surface area contributed by atoms with E-state index in [2.05, 4.69) is 36.3 Å². The lowest BCUT2D eigenvalue weighted by atomic mass is 10.2. The Morgan fingerprint density at radius 3 is 2.81 bits per heavy atom. The molecule has 3 N–H and O–H groups in total. The summed E-state index contributed by atoms with van der Waals surface area (Å²) in [5.74, 6) is 0. The van der Waals surface area contributed by atoms with Gasteiger partial charge in [0.05, 0.1) is 6.20 Å². The van der Waals surface area contributed by atoms with E-state index >= 15 is 0 Å². The number of hydrogen-bond acceptors (Lipinski definition) is 5. The number of aryl methyl sites for hydroxylation is 1. The second-order valence-electron chi connectivity index (χ2n) is 3.83. The van der Waals surface area contributed by atoms with Gasteiger partial charge in [0.25, 0.3) is 0 Å². The minimum absolute atomic E-state index is 0.378. The van der Waals surface area contributed by atoms with Crippen molar-refractivity contribution in [3.63, 3.8) is 0 Å². The van der Waals surface area contributed by atoms with Crippen LogP contribution in [0.4, 0.5) is 10.1 Å². The van der Waals surface area contributed by atoms with Crippen LogP contribution in [-0.2, 0) is 6.42 Å². The zero-order valence-corrected chi connectivity index (χ0v) is 11.0. The first-order valence-electron chi connectivity index (χ1n) is 5.16. The third-order valence-corrected chi connectivity index (χ3v) is 3.98. The zero-order valence-electron chi connectivity index (χ0n) is 9.36. The minimum atomic E-state index is 0.378. The molecule has 2 aromatic rings. The van der Waals surface area contributed by atoms with Crippen molar-refractivity contribution in [2.45, 2.75) is 26.3 Å². The average molecular weight is 253 g/mol. The first-order chi connectivity index (χ1) is 7.63. The number of nitrogens with zero attached hydrogens (tertiary/aromatic N) is 1. The largest absolute Gasteiger partial charge is 0.389 e. The van der Waals surface area contributed by atoms with Crippen LogP contribution < -0.4 is 11.1 Å². The summed E-state index contributed by atoms with van der Waals surface area (Å²) in [7, 11) is 0. The highest BCUT2D eigenvalue weighted by Gasteiger charge is 2.07. The van der Waals surface area contributed by atoms with Crippen molar-refractivity contribution < 1.29 is 0 Å². The third kappa shape index (κ3) is 2.96. The van der Waals surface area contributed by atoms with Gasteiger partial charge < -0.3 is 11.1 Å². The molecule has 2 heterocycles. The first kappa shape index (κ1) is 11.4. The van der Waals surface area contributed by atoms with E-state index in [0.29, 0.717) is 6.04 Å². The lowest BCUT2D eigenvalue weighted by molar-refractivity contribution is 0.799. The lowest BCUT2D eigenvalue weighted by Gasteiger charge is -2.11. The van der Waals surface area contributed by atoms with Gasteiger partial charge in [0.1, 0.15) is 5.00 Å². The number of hydrogen-bond donors (Lipinski definition) is 2. The second-order valence-corrected chi connectivity index (χ2v) is 6.26. The molecule has 1 atom stereocenters. The smallest absolute Gasteiger partial charge is 0.184 e. The fourth-order valence-corrected chi connectivity index (χ4v) is 3.22. The van der Waals surface area contributed by atoms with Crippen LogP contribution in [0.1, 0.15) is 16.7 Å². The van der Waals surface area contributed by atoms with Crippen molar-refractivity contribution in [3.05, 3.63) is 28.1 Å². The van der Waals surface area contributed by atoms with E-state index in [9.17, 15) is 0 Å². The number of aromatic nitrogens is 1. The van der Waals surface area contributed by atoms with Gasteiger partial charge in [-0.15, -0.1) is 11.3 Å². The van der Waals surface area contributed by atoms with E-state index in [1.54, 1.807) is 6.20 Å². The molecule has 0 fully saturated rings. The highest BCUT2D eigenvalue weighted by Crippen LogP contribution is 2.22. The molecule has 3 nitrogen and oxygen atoms in total. The first-order valence-corrected chi connectivity index (χ1v) is 6.80. The Morgan fingerprint density at radius 2 is 2.25 bits per heavy atom. The molecular formula is C11H15N3S2. The van der Waals surface area contributed by atoms with E-state index < -0.39 is 0 Å². The molecule has 0 saturated carbocycles. The van der Waals surface area contributed by atoms with E-state index in [4.69, 9.17) is 5.73 Å². The van der Waals surface area contributed by atoms with Gasteiger partial charge in [-0.25, -0.2) is 4.98 Å². The number of rotatable bonds is 4. The number of nitrogens with two attached hydrogens (primary N) is 1. The number of thiophene rings is 1. The van der Waals surface area contributed by atoms with Gasteiger partial charge >= 0.3 is 0 Å². The summed E-state index contributed by atoms with van der Waals surface area (Å²) in [5.41, 5.74) is 5.63. The summed E-state index contributed by atoms with van der Waals surface area (Å²) in [6, 6.07) is 4.73. The van der Waals surface area contributed by atoms with Crippen LogP contribution in [-0.4, -0.2) is 11.0 Å². The van der Waals surface area contributed by atoms with E-state index in [-0.39, 0.29) is 0 Å². The summed E-state index contributed by atoms with van der Waals surface area (Å²) in [6.07, 6.45) is 2.72. The van der Waals surface area contributed by atoms with Crippen molar-refractivity contribution in [1.29, 1.82) is 0 Å². The van der Waals surface area contributed by atoms with Crippen molar-refractivity contribution in [1.82, 2.24) is 4.98 Å². The standard InChI is InChI=1S/C11H15N3S2/c1-7(5-9-4-3-8(2)15-9)14-11-13-6-10(12)16-11/h3-4,6-7H,5,12H2,1-2H3,(H,13,14). The van der Waals surface area contributed by atoms with Crippen LogP contribution in [0.3, 0.4) is 0 Å². The zero-order chi connectivity index (χ0) is 11.5. The lowest BCUT2D eigenvalue weighted by Crippen LogP contribution is -2.17. The minimum Gasteiger partial charge on any atom is -0.389 e. The average Bonchev–Trinajstić information content (AvgIpc) is 2.76. The Labute approximate surface area is 103 Å². The molecule has 0 radical (unpaired) electrons. The molecule has 0 bridgehead atoms. The number of nitrogen functional groups attached to an aromatic ring is 1. The monoisotopic (exact) mass is 253 g/mol. The Hall–Kier alpha value is -1.07. The fraction of sp³-hybridized carbons (Fsp3) is 0.364. The van der Waals surface area contributed by atoms with E-state index in [1.807, 2.05) is 11.3 Å². The van der Waals surface area contributed by atoms with Gasteiger partial charge in [-0.05, 0) is 26.0 Å². The summed E-state index contributed by atoms with van der Waals surface area (Å²) >= 11 is 3.34. The fourth-order valence-electron chi connectivity index (χ4n) is 1.51. The van der Waals surface area contributed by atoms with Gasteiger partial charge in [0, 0.05) is 22.2 Å². The SMILES string of the molecule is Cc1ccc(CC(C)Nc2ncc(N)s2)s1. The molecule has 2 aromatic heterocycles. The van der Waals surface area contributed by atoms with Crippen molar-refractivity contribution >= 4 is 32.8 Å². The third-order valence-electron chi connectivity index (χ3n) is 2.20. The van der Waals surface area contributed by atoms with Crippen LogP contribution in [0, 0.1) is 6.92 Å². The topological polar surface area (TPSA) is 50.9 Å². The molecule has 2 rings (SSSR count). The van der Waals surface area contributed by atoms with E-state index in [1.165, 1.54) is 21.1 Å². The van der Waals surface area contributed by atoms with Gasteiger partial charge in [-0.1, -0.05) is 11.3 Å². The van der Waals surface area contributed by atoms with Crippen LogP contribution in [0.25, 0.3) is 0 Å².